The van der Waals surface area contributed by atoms with Gasteiger partial charge in [0.1, 0.15) is 5.82 Å². The largest absolute Gasteiger partial charge is 0.383 e. The molecule has 27 heavy (non-hydrogen) atoms. The second-order valence-electron chi connectivity index (χ2n) is 6.61. The minimum absolute atomic E-state index is 0.0261. The normalized spacial score (nSPS) is 13.3. The molecule has 1 aliphatic rings. The number of carbonyl (C=O) groups excluding carboxylic acids is 1. The van der Waals surface area contributed by atoms with Crippen molar-refractivity contribution >= 4 is 17.3 Å². The van der Waals surface area contributed by atoms with E-state index in [0.29, 0.717) is 17.8 Å². The summed E-state index contributed by atoms with van der Waals surface area (Å²) in [7, 11) is 0. The molecule has 0 bridgehead atoms. The number of nitrogens with zero attached hydrogens (tertiary/aromatic N) is 2. The van der Waals surface area contributed by atoms with E-state index in [0.717, 1.165) is 40.7 Å². The molecule has 0 saturated heterocycles. The van der Waals surface area contributed by atoms with Crippen LogP contribution in [0, 0.1) is 10.1 Å². The Morgan fingerprint density at radius 2 is 1.81 bits per heavy atom. The molecular formula is C21H17N3O3. The molecule has 4 rings (SSSR count). The van der Waals surface area contributed by atoms with E-state index in [1.807, 2.05) is 24.3 Å². The van der Waals surface area contributed by atoms with Crippen LogP contribution in [0.1, 0.15) is 28.8 Å². The quantitative estimate of drug-likeness (QED) is 0.551. The van der Waals surface area contributed by atoms with Gasteiger partial charge < -0.3 is 5.73 Å². The number of carbonyl (C=O) groups is 1. The number of aromatic nitrogens is 1. The number of nitro groups is 1. The van der Waals surface area contributed by atoms with Crippen molar-refractivity contribution in [2.24, 2.45) is 0 Å². The Kier molecular flexibility index (Phi) is 4.16. The number of pyridine rings is 1. The number of hydrogen-bond donors (Lipinski definition) is 1. The number of nitro benzene ring substituents is 1. The van der Waals surface area contributed by atoms with E-state index in [2.05, 4.69) is 4.98 Å². The van der Waals surface area contributed by atoms with Gasteiger partial charge in [0.05, 0.1) is 4.92 Å². The lowest BCUT2D eigenvalue weighted by atomic mass is 9.88. The van der Waals surface area contributed by atoms with Crippen molar-refractivity contribution in [2.45, 2.75) is 19.3 Å². The van der Waals surface area contributed by atoms with Crippen molar-refractivity contribution in [2.75, 3.05) is 5.73 Å². The highest BCUT2D eigenvalue weighted by atomic mass is 16.6. The summed E-state index contributed by atoms with van der Waals surface area (Å²) in [6, 6.07) is 14.0. The van der Waals surface area contributed by atoms with Gasteiger partial charge in [-0.2, -0.15) is 0 Å². The molecule has 134 valence electrons. The highest BCUT2D eigenvalue weighted by molar-refractivity contribution is 5.99. The van der Waals surface area contributed by atoms with Gasteiger partial charge >= 0.3 is 0 Å². The molecule has 2 N–H and O–H groups in total. The fourth-order valence-electron chi connectivity index (χ4n) is 3.48. The summed E-state index contributed by atoms with van der Waals surface area (Å²) in [4.78, 5) is 26.9. The predicted octanol–water partition coefficient (Wildman–Crippen LogP) is 4.43. The van der Waals surface area contributed by atoms with Crippen LogP contribution in [0.4, 0.5) is 11.5 Å². The number of Topliss-reactive ketones (excluding diaryl/α,β-unsaturated/α-hetero) is 1. The van der Waals surface area contributed by atoms with E-state index in [9.17, 15) is 14.9 Å². The highest BCUT2D eigenvalue weighted by Crippen LogP contribution is 2.33. The van der Waals surface area contributed by atoms with Gasteiger partial charge in [0.2, 0.25) is 0 Å². The van der Waals surface area contributed by atoms with E-state index in [-0.39, 0.29) is 11.5 Å². The smallest absolute Gasteiger partial charge is 0.270 e. The van der Waals surface area contributed by atoms with Crippen LogP contribution in [0.25, 0.3) is 22.3 Å². The number of aryl methyl sites for hydroxylation is 1. The monoisotopic (exact) mass is 359 g/mol. The second-order valence-corrected chi connectivity index (χ2v) is 6.61. The summed E-state index contributed by atoms with van der Waals surface area (Å²) in [5.41, 5.74) is 11.0. The Balaban J connectivity index is 1.79. The van der Waals surface area contributed by atoms with Crippen LogP contribution >= 0.6 is 0 Å². The second kappa shape index (κ2) is 6.64. The van der Waals surface area contributed by atoms with E-state index < -0.39 is 4.92 Å². The number of ketones is 1. The van der Waals surface area contributed by atoms with Crippen molar-refractivity contribution in [3.8, 4) is 22.3 Å². The van der Waals surface area contributed by atoms with Gasteiger partial charge in [-0.05, 0) is 35.6 Å². The fraction of sp³-hybridized carbons (Fsp3) is 0.143. The Morgan fingerprint density at radius 3 is 2.63 bits per heavy atom. The minimum atomic E-state index is -0.421. The predicted molar refractivity (Wildman–Crippen MR) is 103 cm³/mol. The number of anilines is 1. The number of nitrogens with two attached hydrogens (primary N) is 1. The molecule has 1 aliphatic carbocycles. The van der Waals surface area contributed by atoms with Crippen molar-refractivity contribution in [1.82, 2.24) is 4.98 Å². The molecule has 0 aliphatic heterocycles. The first-order chi connectivity index (χ1) is 13.0. The molecule has 1 aromatic heterocycles. The van der Waals surface area contributed by atoms with Crippen LogP contribution in [0.3, 0.4) is 0 Å². The zero-order valence-corrected chi connectivity index (χ0v) is 14.5. The number of fused-ring (bicyclic) bond motifs is 1. The number of rotatable bonds is 3. The van der Waals surface area contributed by atoms with Crippen LogP contribution in [0.15, 0.2) is 54.7 Å². The van der Waals surface area contributed by atoms with Crippen LogP contribution in [0.5, 0.6) is 0 Å². The van der Waals surface area contributed by atoms with Crippen LogP contribution in [-0.2, 0) is 6.42 Å². The first-order valence-corrected chi connectivity index (χ1v) is 8.70. The summed E-state index contributed by atoms with van der Waals surface area (Å²) in [6.45, 7) is 0. The van der Waals surface area contributed by atoms with Crippen LogP contribution < -0.4 is 5.73 Å². The molecule has 6 nitrogen and oxygen atoms in total. The lowest BCUT2D eigenvalue weighted by Crippen LogP contribution is -2.10. The van der Waals surface area contributed by atoms with Crippen LogP contribution in [0.2, 0.25) is 0 Å². The Hall–Kier alpha value is -3.54. The average molecular weight is 359 g/mol. The molecule has 0 fully saturated rings. The van der Waals surface area contributed by atoms with Crippen LogP contribution in [-0.4, -0.2) is 15.7 Å². The summed E-state index contributed by atoms with van der Waals surface area (Å²) >= 11 is 0. The van der Waals surface area contributed by atoms with Gasteiger partial charge in [0, 0.05) is 41.4 Å². The SMILES string of the molecule is Nc1ncc(-c2cccc([N+](=O)[O-])c2)cc1-c1ccc2c(c1)CCCC2=O. The maximum Gasteiger partial charge on any atom is 0.270 e. The van der Waals surface area contributed by atoms with E-state index >= 15 is 0 Å². The number of benzene rings is 2. The first kappa shape index (κ1) is 16.9. The third kappa shape index (κ3) is 3.17. The van der Waals surface area contributed by atoms with Crippen molar-refractivity contribution in [1.29, 1.82) is 0 Å². The van der Waals surface area contributed by atoms with Gasteiger partial charge in [-0.1, -0.05) is 30.3 Å². The average Bonchev–Trinajstić information content (AvgIpc) is 2.68. The maximum absolute atomic E-state index is 12.0. The van der Waals surface area contributed by atoms with Gasteiger partial charge in [0.25, 0.3) is 5.69 Å². The number of nitrogen functional groups attached to an aromatic ring is 1. The number of hydrogen-bond acceptors (Lipinski definition) is 5. The molecule has 0 atom stereocenters. The third-order valence-electron chi connectivity index (χ3n) is 4.88. The Bertz CT molecular complexity index is 1080. The van der Waals surface area contributed by atoms with E-state index in [4.69, 9.17) is 5.73 Å². The Labute approximate surface area is 155 Å². The molecule has 0 spiro atoms. The Morgan fingerprint density at radius 1 is 0.963 bits per heavy atom. The van der Waals surface area contributed by atoms with Gasteiger partial charge in [-0.3, -0.25) is 14.9 Å². The van der Waals surface area contributed by atoms with E-state index in [1.165, 1.54) is 12.1 Å². The molecule has 2 aromatic carbocycles. The lowest BCUT2D eigenvalue weighted by Gasteiger charge is -2.16. The van der Waals surface area contributed by atoms with Crippen molar-refractivity contribution in [3.63, 3.8) is 0 Å². The molecule has 0 unspecified atom stereocenters. The summed E-state index contributed by atoms with van der Waals surface area (Å²) in [5.74, 6) is 0.561. The third-order valence-corrected chi connectivity index (χ3v) is 4.88. The van der Waals surface area contributed by atoms with Crippen molar-refractivity contribution in [3.05, 3.63) is 76.0 Å². The molecule has 3 aromatic rings. The molecule has 6 heteroatoms. The minimum Gasteiger partial charge on any atom is -0.383 e. The lowest BCUT2D eigenvalue weighted by molar-refractivity contribution is -0.384. The molecule has 0 radical (unpaired) electrons. The fourth-order valence-corrected chi connectivity index (χ4v) is 3.48. The zero-order valence-electron chi connectivity index (χ0n) is 14.5. The standard InChI is InChI=1S/C21H17N3O3/c22-21-19(15-7-8-18-14(9-15)4-2-6-20(18)25)11-16(12-23-21)13-3-1-5-17(10-13)24(26)27/h1,3,5,7-12H,2,4,6H2,(H2,22,23). The molecule has 0 saturated carbocycles. The molecule has 0 amide bonds. The van der Waals surface area contributed by atoms with Gasteiger partial charge in [-0.25, -0.2) is 4.98 Å². The first-order valence-electron chi connectivity index (χ1n) is 8.70. The van der Waals surface area contributed by atoms with Gasteiger partial charge in [-0.15, -0.1) is 0 Å². The summed E-state index contributed by atoms with van der Waals surface area (Å²) in [6.07, 6.45) is 3.93. The summed E-state index contributed by atoms with van der Waals surface area (Å²) < 4.78 is 0. The van der Waals surface area contributed by atoms with Crippen molar-refractivity contribution < 1.29 is 9.72 Å². The topological polar surface area (TPSA) is 99.1 Å². The molecular weight excluding hydrogens is 342 g/mol. The summed E-state index contributed by atoms with van der Waals surface area (Å²) in [5, 5.41) is 11.0. The number of non-ortho nitro benzene ring substituents is 1. The maximum atomic E-state index is 12.0. The van der Waals surface area contributed by atoms with Gasteiger partial charge in [0.15, 0.2) is 5.78 Å². The zero-order chi connectivity index (χ0) is 19.0. The van der Waals surface area contributed by atoms with E-state index in [1.54, 1.807) is 18.3 Å². The molecule has 1 heterocycles. The highest BCUT2D eigenvalue weighted by Gasteiger charge is 2.18.